The van der Waals surface area contributed by atoms with E-state index < -0.39 is 0 Å². The maximum Gasteiger partial charge on any atom is 0.251 e. The zero-order valence-electron chi connectivity index (χ0n) is 25.7. The van der Waals surface area contributed by atoms with Crippen LogP contribution in [-0.2, 0) is 6.42 Å². The maximum absolute atomic E-state index is 12.9. The number of hydrogen-bond donors (Lipinski definition) is 4. The third-order valence-electron chi connectivity index (χ3n) is 7.35. The molecule has 4 aromatic rings. The monoisotopic (exact) mass is 715 g/mol. The van der Waals surface area contributed by atoms with Gasteiger partial charge in [0.05, 0.1) is 37.9 Å². The summed E-state index contributed by atoms with van der Waals surface area (Å²) in [6, 6.07) is 15.5. The van der Waals surface area contributed by atoms with Gasteiger partial charge in [0.1, 0.15) is 12.3 Å². The number of aromatic hydroxyl groups is 1. The summed E-state index contributed by atoms with van der Waals surface area (Å²) < 4.78 is 0. The molecule has 2 heterocycles. The number of aliphatic imine (C=N–C) groups is 1. The van der Waals surface area contributed by atoms with Gasteiger partial charge in [0.15, 0.2) is 11.6 Å². The largest absolute Gasteiger partial charge is 0.506 e. The minimum atomic E-state index is -0.226. The Morgan fingerprint density at radius 2 is 1.57 bits per heavy atom. The molecular weight excluding hydrogens is 681 g/mol. The van der Waals surface area contributed by atoms with Crippen LogP contribution in [0.3, 0.4) is 0 Å². The number of ketones is 2. The molecule has 0 aliphatic heterocycles. The SMILES string of the molecule is CC(=NCC(=O)c1ccc(C(=O)CCc2ccc(C(=O)NCCN(CCO)CCO)cc2)s1)c1csc(-c2ccc(Cl)c(Cl)c2)c1O. The van der Waals surface area contributed by atoms with E-state index in [-0.39, 0.29) is 49.4 Å². The van der Waals surface area contributed by atoms with E-state index >= 15 is 0 Å². The number of aliphatic hydroxyl groups excluding tert-OH is 2. The predicted molar refractivity (Wildman–Crippen MR) is 189 cm³/mol. The number of halogens is 2. The first-order chi connectivity index (χ1) is 22.6. The lowest BCUT2D eigenvalue weighted by Crippen LogP contribution is -2.37. The molecule has 248 valence electrons. The Bertz CT molecular complexity index is 1730. The predicted octanol–water partition coefficient (Wildman–Crippen LogP) is 6.01. The molecule has 0 saturated heterocycles. The van der Waals surface area contributed by atoms with E-state index in [9.17, 15) is 19.5 Å². The number of rotatable bonds is 17. The van der Waals surface area contributed by atoms with Crippen LogP contribution in [-0.4, -0.2) is 89.3 Å². The first kappa shape index (κ1) is 36.4. The molecule has 13 heteroatoms. The molecule has 4 rings (SSSR count). The molecule has 2 aromatic heterocycles. The smallest absolute Gasteiger partial charge is 0.251 e. The summed E-state index contributed by atoms with van der Waals surface area (Å²) in [5.41, 5.74) is 3.17. The highest BCUT2D eigenvalue weighted by molar-refractivity contribution is 7.16. The van der Waals surface area contributed by atoms with E-state index in [0.717, 1.165) is 22.5 Å². The molecule has 0 bridgehead atoms. The van der Waals surface area contributed by atoms with E-state index in [2.05, 4.69) is 10.3 Å². The highest BCUT2D eigenvalue weighted by atomic mass is 35.5. The molecule has 2 aromatic carbocycles. The Hall–Kier alpha value is -3.42. The molecule has 4 N–H and O–H groups in total. The second-order valence-corrected chi connectivity index (χ2v) is 13.4. The minimum absolute atomic E-state index is 0.0211. The van der Waals surface area contributed by atoms with Gasteiger partial charge in [-0.25, -0.2) is 0 Å². The van der Waals surface area contributed by atoms with Crippen molar-refractivity contribution < 1.29 is 29.7 Å². The number of Topliss-reactive ketones (excluding diaryl/α,β-unsaturated/α-hetero) is 2. The van der Waals surface area contributed by atoms with Crippen molar-refractivity contribution >= 4 is 69.1 Å². The number of aliphatic hydroxyl groups is 2. The summed E-state index contributed by atoms with van der Waals surface area (Å²) in [6.07, 6.45) is 0.734. The van der Waals surface area contributed by atoms with Crippen molar-refractivity contribution in [3.05, 3.63) is 96.5 Å². The fourth-order valence-corrected chi connectivity index (χ4v) is 6.90. The van der Waals surface area contributed by atoms with Crippen LogP contribution in [0.1, 0.15) is 54.2 Å². The van der Waals surface area contributed by atoms with Crippen LogP contribution in [0.5, 0.6) is 5.75 Å². The zero-order valence-corrected chi connectivity index (χ0v) is 28.8. The van der Waals surface area contributed by atoms with Gasteiger partial charge in [0.25, 0.3) is 5.91 Å². The summed E-state index contributed by atoms with van der Waals surface area (Å²) in [7, 11) is 0. The summed E-state index contributed by atoms with van der Waals surface area (Å²) >= 11 is 14.6. The molecule has 0 radical (unpaired) electrons. The van der Waals surface area contributed by atoms with Gasteiger partial charge >= 0.3 is 0 Å². The molecule has 0 unspecified atom stereocenters. The molecule has 0 spiro atoms. The fourth-order valence-electron chi connectivity index (χ4n) is 4.69. The van der Waals surface area contributed by atoms with Gasteiger partial charge in [0.2, 0.25) is 0 Å². The summed E-state index contributed by atoms with van der Waals surface area (Å²) in [6.45, 7) is 3.30. The standard InChI is InChI=1S/C34H35Cl2N3O6S2/c1-21(25-20-46-33(32(25)44)24-7-8-26(35)27(36)18-24)38-19-29(43)31-11-10-30(47-31)28(42)9-4-22-2-5-23(6-3-22)34(45)37-12-13-39(14-16-40)15-17-41/h2-3,5-8,10-11,18,20,40-41,44H,4,9,12-17,19H2,1H3,(H,37,45). The average Bonchev–Trinajstić information content (AvgIpc) is 3.72. The number of nitrogens with one attached hydrogen (secondary N) is 1. The van der Waals surface area contributed by atoms with Gasteiger partial charge in [-0.1, -0.05) is 41.4 Å². The van der Waals surface area contributed by atoms with Crippen molar-refractivity contribution in [2.45, 2.75) is 19.8 Å². The van der Waals surface area contributed by atoms with Gasteiger partial charge in [0, 0.05) is 54.8 Å². The molecule has 0 aliphatic carbocycles. The lowest BCUT2D eigenvalue weighted by Gasteiger charge is -2.20. The molecular formula is C34H35Cl2N3O6S2. The van der Waals surface area contributed by atoms with E-state index in [1.807, 2.05) is 17.0 Å². The quantitative estimate of drug-likeness (QED) is 0.0775. The highest BCUT2D eigenvalue weighted by Crippen LogP contribution is 2.40. The molecule has 0 saturated carbocycles. The first-order valence-corrected chi connectivity index (χ1v) is 17.3. The normalized spacial score (nSPS) is 11.7. The first-order valence-electron chi connectivity index (χ1n) is 14.9. The van der Waals surface area contributed by atoms with Crippen LogP contribution < -0.4 is 5.32 Å². The van der Waals surface area contributed by atoms with Crippen molar-refractivity contribution in [1.29, 1.82) is 0 Å². The Labute approximate surface area is 291 Å². The van der Waals surface area contributed by atoms with Crippen LogP contribution in [0.25, 0.3) is 10.4 Å². The number of amides is 1. The third kappa shape index (κ3) is 10.0. The topological polar surface area (TPSA) is 140 Å². The molecule has 47 heavy (non-hydrogen) atoms. The lowest BCUT2D eigenvalue weighted by molar-refractivity contribution is 0.0941. The molecule has 9 nitrogen and oxygen atoms in total. The van der Waals surface area contributed by atoms with Gasteiger partial charge in [-0.3, -0.25) is 24.3 Å². The van der Waals surface area contributed by atoms with Crippen LogP contribution in [0.4, 0.5) is 0 Å². The van der Waals surface area contributed by atoms with Crippen molar-refractivity contribution in [1.82, 2.24) is 10.2 Å². The Balaban J connectivity index is 1.26. The van der Waals surface area contributed by atoms with Gasteiger partial charge in [-0.2, -0.15) is 0 Å². The van der Waals surface area contributed by atoms with Gasteiger partial charge < -0.3 is 20.6 Å². The van der Waals surface area contributed by atoms with Crippen molar-refractivity contribution in [3.8, 4) is 16.2 Å². The highest BCUT2D eigenvalue weighted by Gasteiger charge is 2.18. The number of carbonyl (C=O) groups excluding carboxylic acids is 3. The Morgan fingerprint density at radius 3 is 2.23 bits per heavy atom. The summed E-state index contributed by atoms with van der Waals surface area (Å²) in [4.78, 5) is 46.0. The van der Waals surface area contributed by atoms with E-state index in [1.165, 1.54) is 11.3 Å². The minimum Gasteiger partial charge on any atom is -0.506 e. The molecule has 1 amide bonds. The summed E-state index contributed by atoms with van der Waals surface area (Å²) in [5, 5.41) is 34.4. The van der Waals surface area contributed by atoms with E-state index in [0.29, 0.717) is 74.1 Å². The zero-order chi connectivity index (χ0) is 33.9. The van der Waals surface area contributed by atoms with Crippen molar-refractivity contribution in [3.63, 3.8) is 0 Å². The summed E-state index contributed by atoms with van der Waals surface area (Å²) in [5.74, 6) is -0.475. The fraction of sp³-hybridized carbons (Fsp3) is 0.294. The van der Waals surface area contributed by atoms with Gasteiger partial charge in [-0.15, -0.1) is 22.7 Å². The maximum atomic E-state index is 12.9. The number of aryl methyl sites for hydroxylation is 1. The number of thiophene rings is 2. The number of hydrogen-bond acceptors (Lipinski definition) is 10. The van der Waals surface area contributed by atoms with Gasteiger partial charge in [-0.05, 0) is 60.9 Å². The van der Waals surface area contributed by atoms with Crippen molar-refractivity contribution in [2.75, 3.05) is 45.9 Å². The second-order valence-electron chi connectivity index (χ2n) is 10.6. The number of carbonyl (C=O) groups is 3. The van der Waals surface area contributed by atoms with Crippen LogP contribution >= 0.6 is 45.9 Å². The van der Waals surface area contributed by atoms with Crippen LogP contribution in [0, 0.1) is 0 Å². The van der Waals surface area contributed by atoms with Crippen LogP contribution in [0.2, 0.25) is 10.0 Å². The Kier molecular flexibility index (Phi) is 13.7. The molecule has 0 aliphatic rings. The lowest BCUT2D eigenvalue weighted by atomic mass is 10.0. The molecule has 0 fully saturated rings. The molecule has 0 atom stereocenters. The average molecular weight is 717 g/mol. The van der Waals surface area contributed by atoms with E-state index in [1.54, 1.807) is 54.8 Å². The number of benzene rings is 2. The second kappa shape index (κ2) is 17.7. The van der Waals surface area contributed by atoms with E-state index in [4.69, 9.17) is 33.4 Å². The third-order valence-corrected chi connectivity index (χ3v) is 10.3. The van der Waals surface area contributed by atoms with Crippen molar-refractivity contribution in [2.24, 2.45) is 4.99 Å². The Morgan fingerprint density at radius 1 is 0.894 bits per heavy atom. The van der Waals surface area contributed by atoms with Crippen LogP contribution in [0.15, 0.2) is 65.0 Å². The number of nitrogens with zero attached hydrogens (tertiary/aromatic N) is 2.